The molecule has 0 aromatic rings. The monoisotopic (exact) mass is 216 g/mol. The van der Waals surface area contributed by atoms with E-state index in [1.165, 1.54) is 0 Å². The lowest BCUT2D eigenvalue weighted by Crippen LogP contribution is -2.38. The summed E-state index contributed by atoms with van der Waals surface area (Å²) in [4.78, 5) is 10.9. The first-order valence-electron chi connectivity index (χ1n) is 6.26. The smallest absolute Gasteiger partial charge is 0.306 e. The molecule has 1 atom stereocenters. The first-order valence-corrected chi connectivity index (χ1v) is 6.26. The van der Waals surface area contributed by atoms with Gasteiger partial charge in [-0.25, -0.2) is 0 Å². The highest BCUT2D eigenvalue weighted by molar-refractivity contribution is 5.70. The van der Waals surface area contributed by atoms with E-state index in [0.717, 1.165) is 12.8 Å². The van der Waals surface area contributed by atoms with Crippen molar-refractivity contribution in [1.82, 2.24) is 0 Å². The number of carbonyl (C=O) groups excluding carboxylic acids is 1. The fourth-order valence-electron chi connectivity index (χ4n) is 1.60. The summed E-state index contributed by atoms with van der Waals surface area (Å²) in [5.74, 6) is -0.0313. The van der Waals surface area contributed by atoms with E-state index in [9.17, 15) is 4.79 Å². The van der Waals surface area contributed by atoms with Crippen molar-refractivity contribution in [2.75, 3.05) is 0 Å². The highest BCUT2D eigenvalue weighted by Crippen LogP contribution is 2.35. The van der Waals surface area contributed by atoms with Crippen LogP contribution in [0.1, 0.15) is 67.7 Å². The van der Waals surface area contributed by atoms with E-state index < -0.39 is 0 Å². The Morgan fingerprint density at radius 2 is 1.73 bits per heavy atom. The fraction of sp³-hybridized carbons (Fsp3) is 0.923. The van der Waals surface area contributed by atoms with Gasteiger partial charge in [0.15, 0.2) is 0 Å². The number of hydrogen-bond donors (Lipinski definition) is 0. The zero-order valence-electron chi connectivity index (χ0n) is 11.5. The van der Waals surface area contributed by atoms with Crippen LogP contribution < -0.4 is 0 Å². The molecular formula is C13H28O2. The van der Waals surface area contributed by atoms with Crippen LogP contribution in [0.15, 0.2) is 0 Å². The van der Waals surface area contributed by atoms with Crippen LogP contribution in [0, 0.1) is 5.41 Å². The molecule has 0 aromatic heterocycles. The topological polar surface area (TPSA) is 26.3 Å². The van der Waals surface area contributed by atoms with Crippen LogP contribution in [0.5, 0.6) is 0 Å². The minimum absolute atomic E-state index is 0.0313. The van der Waals surface area contributed by atoms with E-state index in [0.29, 0.717) is 6.42 Å². The van der Waals surface area contributed by atoms with E-state index in [1.807, 2.05) is 27.7 Å². The highest BCUT2D eigenvalue weighted by Gasteiger charge is 2.35. The SMILES string of the molecule is CC.CC.CCC1OC(=O)CCC1(C)C. The predicted molar refractivity (Wildman–Crippen MR) is 65.9 cm³/mol. The van der Waals surface area contributed by atoms with Crippen molar-refractivity contribution in [1.29, 1.82) is 0 Å². The molecule has 2 nitrogen and oxygen atoms in total. The molecule has 0 N–H and O–H groups in total. The second kappa shape index (κ2) is 8.75. The lowest BCUT2D eigenvalue weighted by molar-refractivity contribution is -0.164. The number of rotatable bonds is 1. The third-order valence-electron chi connectivity index (χ3n) is 2.49. The van der Waals surface area contributed by atoms with Crippen LogP contribution in [-0.4, -0.2) is 12.1 Å². The predicted octanol–water partition coefficient (Wildman–Crippen LogP) is 4.18. The summed E-state index contributed by atoms with van der Waals surface area (Å²) in [6.45, 7) is 14.4. The molecule has 1 saturated heterocycles. The molecule has 0 amide bonds. The van der Waals surface area contributed by atoms with Gasteiger partial charge in [-0.05, 0) is 12.8 Å². The maximum absolute atomic E-state index is 10.9. The molecule has 1 fully saturated rings. The Balaban J connectivity index is 0. The summed E-state index contributed by atoms with van der Waals surface area (Å²) in [5, 5.41) is 0. The third kappa shape index (κ3) is 5.81. The zero-order valence-corrected chi connectivity index (χ0v) is 11.5. The molecule has 1 aliphatic rings. The maximum Gasteiger partial charge on any atom is 0.306 e. The normalized spacial score (nSPS) is 22.6. The van der Waals surface area contributed by atoms with Gasteiger partial charge in [0.25, 0.3) is 0 Å². The van der Waals surface area contributed by atoms with Crippen LogP contribution in [0.4, 0.5) is 0 Å². The Morgan fingerprint density at radius 3 is 2.07 bits per heavy atom. The Hall–Kier alpha value is -0.530. The Bertz CT molecular complexity index is 162. The average molecular weight is 216 g/mol. The molecule has 0 aromatic carbocycles. The molecule has 0 radical (unpaired) electrons. The standard InChI is InChI=1S/C9H16O2.2C2H6/c1-4-7-9(2,3)6-5-8(10)11-7;2*1-2/h7H,4-6H2,1-3H3;2*1-2H3. The molecule has 1 unspecified atom stereocenters. The first kappa shape index (κ1) is 16.9. The number of esters is 1. The van der Waals surface area contributed by atoms with E-state index in [2.05, 4.69) is 20.8 Å². The van der Waals surface area contributed by atoms with Crippen molar-refractivity contribution < 1.29 is 9.53 Å². The summed E-state index contributed by atoms with van der Waals surface area (Å²) in [5.41, 5.74) is 0.183. The van der Waals surface area contributed by atoms with Gasteiger partial charge in [0, 0.05) is 11.8 Å². The van der Waals surface area contributed by atoms with Crippen LogP contribution in [-0.2, 0) is 9.53 Å². The van der Waals surface area contributed by atoms with Crippen LogP contribution in [0.25, 0.3) is 0 Å². The molecule has 2 heteroatoms. The second-order valence-corrected chi connectivity index (χ2v) is 3.88. The van der Waals surface area contributed by atoms with Crippen molar-refractivity contribution in [3.63, 3.8) is 0 Å². The van der Waals surface area contributed by atoms with Crippen molar-refractivity contribution in [2.24, 2.45) is 5.41 Å². The van der Waals surface area contributed by atoms with Gasteiger partial charge in [0.05, 0.1) is 0 Å². The molecule has 15 heavy (non-hydrogen) atoms. The summed E-state index contributed by atoms with van der Waals surface area (Å²) >= 11 is 0. The Morgan fingerprint density at radius 1 is 1.27 bits per heavy atom. The Labute approximate surface area is 95.4 Å². The quantitative estimate of drug-likeness (QED) is 0.615. The number of carbonyl (C=O) groups is 1. The lowest BCUT2D eigenvalue weighted by atomic mass is 9.79. The van der Waals surface area contributed by atoms with E-state index in [4.69, 9.17) is 4.74 Å². The maximum atomic E-state index is 10.9. The Kier molecular flexibility index (Phi) is 9.85. The number of cyclic esters (lactones) is 1. The van der Waals surface area contributed by atoms with Gasteiger partial charge in [-0.3, -0.25) is 4.79 Å². The molecule has 0 aliphatic carbocycles. The van der Waals surface area contributed by atoms with E-state index in [-0.39, 0.29) is 17.5 Å². The molecule has 0 bridgehead atoms. The van der Waals surface area contributed by atoms with Crippen LogP contribution in [0.2, 0.25) is 0 Å². The molecule has 1 rings (SSSR count). The van der Waals surface area contributed by atoms with Gasteiger partial charge in [0.2, 0.25) is 0 Å². The van der Waals surface area contributed by atoms with Gasteiger partial charge < -0.3 is 4.74 Å². The molecule has 0 saturated carbocycles. The first-order chi connectivity index (χ1) is 7.06. The molecule has 1 heterocycles. The summed E-state index contributed by atoms with van der Waals surface area (Å²) in [7, 11) is 0. The molecule has 92 valence electrons. The van der Waals surface area contributed by atoms with Crippen molar-refractivity contribution in [2.45, 2.75) is 73.8 Å². The van der Waals surface area contributed by atoms with E-state index in [1.54, 1.807) is 0 Å². The van der Waals surface area contributed by atoms with Gasteiger partial charge in [-0.15, -0.1) is 0 Å². The lowest BCUT2D eigenvalue weighted by Gasteiger charge is -2.37. The summed E-state index contributed by atoms with van der Waals surface area (Å²) in [6, 6.07) is 0. The van der Waals surface area contributed by atoms with Gasteiger partial charge in [-0.1, -0.05) is 48.5 Å². The fourth-order valence-corrected chi connectivity index (χ4v) is 1.60. The zero-order chi connectivity index (χ0) is 12.5. The molecule has 1 aliphatic heterocycles. The number of hydrogen-bond acceptors (Lipinski definition) is 2. The van der Waals surface area contributed by atoms with Gasteiger partial charge in [-0.2, -0.15) is 0 Å². The molecular weight excluding hydrogens is 188 g/mol. The van der Waals surface area contributed by atoms with Crippen LogP contribution in [0.3, 0.4) is 0 Å². The second-order valence-electron chi connectivity index (χ2n) is 3.88. The van der Waals surface area contributed by atoms with Crippen LogP contribution >= 0.6 is 0 Å². The minimum atomic E-state index is -0.0313. The highest BCUT2D eigenvalue weighted by atomic mass is 16.5. The van der Waals surface area contributed by atoms with E-state index >= 15 is 0 Å². The summed E-state index contributed by atoms with van der Waals surface area (Å²) in [6.07, 6.45) is 2.61. The van der Waals surface area contributed by atoms with Crippen molar-refractivity contribution in [3.8, 4) is 0 Å². The van der Waals surface area contributed by atoms with Crippen molar-refractivity contribution >= 4 is 5.97 Å². The van der Waals surface area contributed by atoms with Gasteiger partial charge in [0.1, 0.15) is 6.10 Å². The third-order valence-corrected chi connectivity index (χ3v) is 2.49. The summed E-state index contributed by atoms with van der Waals surface area (Å²) < 4.78 is 5.21. The largest absolute Gasteiger partial charge is 0.462 e. The number of ether oxygens (including phenoxy) is 1. The average Bonchev–Trinajstić information content (AvgIpc) is 2.27. The van der Waals surface area contributed by atoms with Gasteiger partial charge >= 0.3 is 5.97 Å². The van der Waals surface area contributed by atoms with Crippen molar-refractivity contribution in [3.05, 3.63) is 0 Å². The minimum Gasteiger partial charge on any atom is -0.462 e. The molecule has 0 spiro atoms.